The van der Waals surface area contributed by atoms with Gasteiger partial charge in [0.1, 0.15) is 18.4 Å². The number of hydrogen-bond acceptors (Lipinski definition) is 5. The van der Waals surface area contributed by atoms with Gasteiger partial charge in [0, 0.05) is 11.9 Å². The second kappa shape index (κ2) is 8.78. The van der Waals surface area contributed by atoms with Crippen LogP contribution in [-0.2, 0) is 9.53 Å². The van der Waals surface area contributed by atoms with Crippen molar-refractivity contribution in [2.24, 2.45) is 0 Å². The zero-order chi connectivity index (χ0) is 17.4. The van der Waals surface area contributed by atoms with Gasteiger partial charge in [0.25, 0.3) is 0 Å². The Labute approximate surface area is 142 Å². The topological polar surface area (TPSA) is 62.6 Å². The highest BCUT2D eigenvalue weighted by atomic mass is 16.5. The average molecular weight is 326 g/mol. The Hall–Kier alpha value is -2.74. The summed E-state index contributed by atoms with van der Waals surface area (Å²) in [7, 11) is 1.60. The van der Waals surface area contributed by atoms with Gasteiger partial charge in [-0.25, -0.2) is 0 Å². The number of carbonyl (C=O) groups is 1. The number of anilines is 1. The Bertz CT molecular complexity index is 669. The van der Waals surface area contributed by atoms with Crippen LogP contribution in [0.4, 0.5) is 5.69 Å². The van der Waals surface area contributed by atoms with Crippen molar-refractivity contribution in [3.63, 3.8) is 0 Å². The van der Waals surface area contributed by atoms with Crippen molar-refractivity contribution in [2.45, 2.75) is 26.2 Å². The SMILES string of the molecule is CCOC(=O)CN(C=C(C#N)C1=CCCC1)c1ccc(OC)cc1. The molecule has 0 amide bonds. The molecule has 0 saturated carbocycles. The quantitative estimate of drug-likeness (QED) is 0.566. The fourth-order valence-electron chi connectivity index (χ4n) is 2.59. The van der Waals surface area contributed by atoms with E-state index >= 15 is 0 Å². The molecule has 0 aromatic heterocycles. The van der Waals surface area contributed by atoms with E-state index in [1.165, 1.54) is 0 Å². The molecule has 126 valence electrons. The molecular formula is C19H22N2O3. The fraction of sp³-hybridized carbons (Fsp3) is 0.368. The van der Waals surface area contributed by atoms with Crippen LogP contribution in [0, 0.1) is 11.3 Å². The molecule has 0 radical (unpaired) electrons. The van der Waals surface area contributed by atoms with Gasteiger partial charge < -0.3 is 14.4 Å². The minimum Gasteiger partial charge on any atom is -0.497 e. The van der Waals surface area contributed by atoms with Crippen LogP contribution >= 0.6 is 0 Å². The first-order chi connectivity index (χ1) is 11.7. The van der Waals surface area contributed by atoms with Gasteiger partial charge in [-0.15, -0.1) is 0 Å². The van der Waals surface area contributed by atoms with Crippen LogP contribution < -0.4 is 9.64 Å². The number of nitrogens with zero attached hydrogens (tertiary/aromatic N) is 2. The molecule has 0 spiro atoms. The van der Waals surface area contributed by atoms with Gasteiger partial charge in [0.2, 0.25) is 0 Å². The van der Waals surface area contributed by atoms with E-state index in [0.717, 1.165) is 36.3 Å². The molecule has 0 aliphatic heterocycles. The first-order valence-corrected chi connectivity index (χ1v) is 8.05. The summed E-state index contributed by atoms with van der Waals surface area (Å²) in [5, 5.41) is 9.48. The zero-order valence-electron chi connectivity index (χ0n) is 14.1. The third-order valence-electron chi connectivity index (χ3n) is 3.80. The number of methoxy groups -OCH3 is 1. The Balaban J connectivity index is 2.30. The number of ether oxygens (including phenoxy) is 2. The van der Waals surface area contributed by atoms with Crippen molar-refractivity contribution in [1.82, 2.24) is 0 Å². The number of nitriles is 1. The van der Waals surface area contributed by atoms with Gasteiger partial charge in [0.15, 0.2) is 0 Å². The summed E-state index contributed by atoms with van der Waals surface area (Å²) >= 11 is 0. The molecular weight excluding hydrogens is 304 g/mol. The Morgan fingerprint density at radius 1 is 1.38 bits per heavy atom. The lowest BCUT2D eigenvalue weighted by Crippen LogP contribution is -2.27. The van der Waals surface area contributed by atoms with Crippen molar-refractivity contribution in [1.29, 1.82) is 5.26 Å². The van der Waals surface area contributed by atoms with Gasteiger partial charge in [-0.2, -0.15) is 5.26 Å². The van der Waals surface area contributed by atoms with Crippen LogP contribution in [0.25, 0.3) is 0 Å². The van der Waals surface area contributed by atoms with Gasteiger partial charge in [0.05, 0.1) is 19.3 Å². The summed E-state index contributed by atoms with van der Waals surface area (Å²) in [4.78, 5) is 13.7. The summed E-state index contributed by atoms with van der Waals surface area (Å²) in [6.45, 7) is 2.16. The van der Waals surface area contributed by atoms with Crippen LogP contribution in [0.2, 0.25) is 0 Å². The average Bonchev–Trinajstić information content (AvgIpc) is 3.13. The Morgan fingerprint density at radius 3 is 2.67 bits per heavy atom. The molecule has 5 heteroatoms. The molecule has 1 aromatic carbocycles. The number of allylic oxidation sites excluding steroid dienone is 3. The van der Waals surface area contributed by atoms with E-state index in [1.807, 2.05) is 24.3 Å². The van der Waals surface area contributed by atoms with Crippen molar-refractivity contribution >= 4 is 11.7 Å². The van der Waals surface area contributed by atoms with E-state index in [0.29, 0.717) is 12.2 Å². The maximum Gasteiger partial charge on any atom is 0.325 e. The summed E-state index contributed by atoms with van der Waals surface area (Å²) < 4.78 is 10.2. The number of hydrogen-bond donors (Lipinski definition) is 0. The molecule has 0 heterocycles. The molecule has 1 aliphatic carbocycles. The molecule has 24 heavy (non-hydrogen) atoms. The molecule has 1 aliphatic rings. The van der Waals surface area contributed by atoms with Gasteiger partial charge in [-0.1, -0.05) is 6.08 Å². The van der Waals surface area contributed by atoms with E-state index in [-0.39, 0.29) is 12.5 Å². The predicted molar refractivity (Wildman–Crippen MR) is 92.6 cm³/mol. The lowest BCUT2D eigenvalue weighted by Gasteiger charge is -2.20. The van der Waals surface area contributed by atoms with E-state index < -0.39 is 0 Å². The highest BCUT2D eigenvalue weighted by molar-refractivity contribution is 5.77. The maximum atomic E-state index is 11.9. The Kier molecular flexibility index (Phi) is 6.44. The standard InChI is InChI=1S/C19H22N2O3/c1-3-24-19(22)14-21(17-8-10-18(23-2)11-9-17)13-16(12-20)15-6-4-5-7-15/h6,8-11,13H,3-5,7,14H2,1-2H3. The normalized spacial score (nSPS) is 13.9. The molecule has 0 atom stereocenters. The summed E-state index contributed by atoms with van der Waals surface area (Å²) in [6.07, 6.45) is 6.78. The molecule has 2 rings (SSSR count). The van der Waals surface area contributed by atoms with E-state index in [2.05, 4.69) is 12.1 Å². The first-order valence-electron chi connectivity index (χ1n) is 8.05. The lowest BCUT2D eigenvalue weighted by atomic mass is 10.1. The Morgan fingerprint density at radius 2 is 2.12 bits per heavy atom. The molecule has 0 fully saturated rings. The van der Waals surface area contributed by atoms with Crippen molar-refractivity contribution < 1.29 is 14.3 Å². The highest BCUT2D eigenvalue weighted by Crippen LogP contribution is 2.26. The molecule has 0 saturated heterocycles. The largest absolute Gasteiger partial charge is 0.497 e. The smallest absolute Gasteiger partial charge is 0.325 e. The van der Waals surface area contributed by atoms with Gasteiger partial charge >= 0.3 is 5.97 Å². The molecule has 0 bridgehead atoms. The van der Waals surface area contributed by atoms with Crippen LogP contribution in [0.1, 0.15) is 26.2 Å². The van der Waals surface area contributed by atoms with Gasteiger partial charge in [-0.05, 0) is 56.0 Å². The number of esters is 1. The van der Waals surface area contributed by atoms with E-state index in [9.17, 15) is 10.1 Å². The van der Waals surface area contributed by atoms with Crippen LogP contribution in [0.15, 0.2) is 47.7 Å². The molecule has 0 unspecified atom stereocenters. The van der Waals surface area contributed by atoms with Gasteiger partial charge in [-0.3, -0.25) is 4.79 Å². The van der Waals surface area contributed by atoms with Crippen molar-refractivity contribution in [3.05, 3.63) is 47.7 Å². The minimum atomic E-state index is -0.331. The maximum absolute atomic E-state index is 11.9. The minimum absolute atomic E-state index is 0.0542. The monoisotopic (exact) mass is 326 g/mol. The molecule has 5 nitrogen and oxygen atoms in total. The first kappa shape index (κ1) is 17.6. The third kappa shape index (κ3) is 4.63. The van der Waals surface area contributed by atoms with Crippen molar-refractivity contribution in [3.8, 4) is 11.8 Å². The molecule has 0 N–H and O–H groups in total. The van der Waals surface area contributed by atoms with Crippen molar-refractivity contribution in [2.75, 3.05) is 25.2 Å². The number of rotatable bonds is 7. The lowest BCUT2D eigenvalue weighted by molar-refractivity contribution is -0.141. The van der Waals surface area contributed by atoms with Crippen LogP contribution in [0.3, 0.4) is 0 Å². The van der Waals surface area contributed by atoms with E-state index in [1.54, 1.807) is 25.1 Å². The zero-order valence-corrected chi connectivity index (χ0v) is 14.1. The second-order valence-corrected chi connectivity index (χ2v) is 5.41. The van der Waals surface area contributed by atoms with Crippen LogP contribution in [-0.4, -0.2) is 26.2 Å². The molecule has 1 aromatic rings. The highest BCUT2D eigenvalue weighted by Gasteiger charge is 2.15. The van der Waals surface area contributed by atoms with Crippen LogP contribution in [0.5, 0.6) is 5.75 Å². The second-order valence-electron chi connectivity index (χ2n) is 5.41. The van der Waals surface area contributed by atoms with E-state index in [4.69, 9.17) is 9.47 Å². The summed E-state index contributed by atoms with van der Waals surface area (Å²) in [5.74, 6) is 0.403. The number of benzene rings is 1. The number of carbonyl (C=O) groups excluding carboxylic acids is 1. The predicted octanol–water partition coefficient (Wildman–Crippen LogP) is 3.58. The summed E-state index contributed by atoms with van der Waals surface area (Å²) in [5.41, 5.74) is 2.43. The third-order valence-corrected chi connectivity index (χ3v) is 3.80. The fourth-order valence-corrected chi connectivity index (χ4v) is 2.59. The summed E-state index contributed by atoms with van der Waals surface area (Å²) in [6, 6.07) is 9.60.